The average molecular weight is 237 g/mol. The second-order valence-electron chi connectivity index (χ2n) is 3.34. The number of rotatable bonds is 3. The first-order valence-corrected chi connectivity index (χ1v) is 4.88. The number of ether oxygens (including phenoxy) is 1. The SMILES string of the molecule is OCc1ccc(Oc2ccc(F)c(F)c2)nc1. The first-order chi connectivity index (χ1) is 8.19. The predicted molar refractivity (Wildman–Crippen MR) is 56.6 cm³/mol. The maximum absolute atomic E-state index is 12.9. The number of halogens is 2. The number of pyridine rings is 1. The molecule has 0 aliphatic carbocycles. The smallest absolute Gasteiger partial charge is 0.219 e. The molecule has 0 atom stereocenters. The molecule has 1 aromatic carbocycles. The summed E-state index contributed by atoms with van der Waals surface area (Å²) in [4.78, 5) is 3.90. The molecule has 0 aliphatic rings. The fourth-order valence-electron chi connectivity index (χ4n) is 1.23. The number of aliphatic hydroxyl groups is 1. The van der Waals surface area contributed by atoms with Crippen LogP contribution in [0.2, 0.25) is 0 Å². The van der Waals surface area contributed by atoms with Crippen molar-refractivity contribution in [3.05, 3.63) is 53.7 Å². The Morgan fingerprint density at radius 1 is 1.12 bits per heavy atom. The van der Waals surface area contributed by atoms with Crippen LogP contribution in [0.3, 0.4) is 0 Å². The zero-order valence-corrected chi connectivity index (χ0v) is 8.73. The van der Waals surface area contributed by atoms with Crippen molar-refractivity contribution < 1.29 is 18.6 Å². The molecule has 0 spiro atoms. The minimum absolute atomic E-state index is 0.113. The highest BCUT2D eigenvalue weighted by Crippen LogP contribution is 2.21. The quantitative estimate of drug-likeness (QED) is 0.892. The lowest BCUT2D eigenvalue weighted by molar-refractivity contribution is 0.281. The summed E-state index contributed by atoms with van der Waals surface area (Å²) in [5.41, 5.74) is 0.641. The highest BCUT2D eigenvalue weighted by atomic mass is 19.2. The van der Waals surface area contributed by atoms with E-state index in [9.17, 15) is 8.78 Å². The Hall–Kier alpha value is -2.01. The summed E-state index contributed by atoms with van der Waals surface area (Å²) in [7, 11) is 0. The highest BCUT2D eigenvalue weighted by Gasteiger charge is 2.04. The normalized spacial score (nSPS) is 10.3. The minimum atomic E-state index is -0.977. The topological polar surface area (TPSA) is 42.4 Å². The molecule has 3 nitrogen and oxygen atoms in total. The molecule has 0 radical (unpaired) electrons. The first-order valence-electron chi connectivity index (χ1n) is 4.88. The van der Waals surface area contributed by atoms with Crippen molar-refractivity contribution in [1.29, 1.82) is 0 Å². The molecule has 0 unspecified atom stereocenters. The average Bonchev–Trinajstić information content (AvgIpc) is 2.35. The van der Waals surface area contributed by atoms with Crippen molar-refractivity contribution in [3.63, 3.8) is 0 Å². The van der Waals surface area contributed by atoms with Crippen LogP contribution in [0.1, 0.15) is 5.56 Å². The van der Waals surface area contributed by atoms with Gasteiger partial charge in [-0.1, -0.05) is 0 Å². The fraction of sp³-hybridized carbons (Fsp3) is 0.0833. The summed E-state index contributed by atoms with van der Waals surface area (Å²) in [6.45, 7) is -0.113. The highest BCUT2D eigenvalue weighted by molar-refractivity contribution is 5.28. The number of aliphatic hydroxyl groups excluding tert-OH is 1. The molecular formula is C12H9F2NO2. The van der Waals surface area contributed by atoms with E-state index in [1.165, 1.54) is 18.3 Å². The minimum Gasteiger partial charge on any atom is -0.439 e. The molecule has 88 valence electrons. The fourth-order valence-corrected chi connectivity index (χ4v) is 1.23. The Kier molecular flexibility index (Phi) is 3.30. The van der Waals surface area contributed by atoms with Crippen molar-refractivity contribution in [2.24, 2.45) is 0 Å². The van der Waals surface area contributed by atoms with Gasteiger partial charge in [0.1, 0.15) is 5.75 Å². The van der Waals surface area contributed by atoms with Gasteiger partial charge in [-0.05, 0) is 23.8 Å². The molecule has 0 saturated carbocycles. The zero-order valence-electron chi connectivity index (χ0n) is 8.73. The summed E-state index contributed by atoms with van der Waals surface area (Å²) in [5, 5.41) is 8.81. The van der Waals surface area contributed by atoms with Crippen LogP contribution in [0.15, 0.2) is 36.5 Å². The molecule has 0 saturated heterocycles. The van der Waals surface area contributed by atoms with Crippen molar-refractivity contribution in [2.75, 3.05) is 0 Å². The van der Waals surface area contributed by atoms with Gasteiger partial charge in [-0.25, -0.2) is 13.8 Å². The van der Waals surface area contributed by atoms with Crippen molar-refractivity contribution >= 4 is 0 Å². The number of benzene rings is 1. The van der Waals surface area contributed by atoms with E-state index in [1.807, 2.05) is 0 Å². The number of hydrogen-bond acceptors (Lipinski definition) is 3. The Morgan fingerprint density at radius 2 is 1.94 bits per heavy atom. The second kappa shape index (κ2) is 4.88. The van der Waals surface area contributed by atoms with E-state index in [0.717, 1.165) is 12.1 Å². The molecule has 2 rings (SSSR count). The van der Waals surface area contributed by atoms with E-state index < -0.39 is 11.6 Å². The number of hydrogen-bond donors (Lipinski definition) is 1. The molecule has 5 heteroatoms. The second-order valence-corrected chi connectivity index (χ2v) is 3.34. The van der Waals surface area contributed by atoms with Gasteiger partial charge < -0.3 is 9.84 Å². The lowest BCUT2D eigenvalue weighted by Crippen LogP contribution is -1.91. The molecule has 0 fully saturated rings. The van der Waals surface area contributed by atoms with Crippen LogP contribution < -0.4 is 4.74 Å². The lowest BCUT2D eigenvalue weighted by atomic mass is 10.3. The van der Waals surface area contributed by atoms with Gasteiger partial charge in [0.05, 0.1) is 6.61 Å². The maximum Gasteiger partial charge on any atom is 0.219 e. The predicted octanol–water partition coefficient (Wildman–Crippen LogP) is 2.64. The summed E-state index contributed by atoms with van der Waals surface area (Å²) in [5.74, 6) is -1.50. The molecule has 17 heavy (non-hydrogen) atoms. The van der Waals surface area contributed by atoms with E-state index in [2.05, 4.69) is 4.98 Å². The van der Waals surface area contributed by atoms with Gasteiger partial charge in [0.2, 0.25) is 5.88 Å². The molecule has 1 N–H and O–H groups in total. The van der Waals surface area contributed by atoms with Crippen LogP contribution in [-0.4, -0.2) is 10.1 Å². The van der Waals surface area contributed by atoms with E-state index in [4.69, 9.17) is 9.84 Å². The first kappa shape index (κ1) is 11.5. The third-order valence-corrected chi connectivity index (χ3v) is 2.09. The van der Waals surface area contributed by atoms with Gasteiger partial charge in [0.15, 0.2) is 11.6 Å². The van der Waals surface area contributed by atoms with E-state index in [0.29, 0.717) is 5.56 Å². The monoisotopic (exact) mass is 237 g/mol. The van der Waals surface area contributed by atoms with Gasteiger partial charge in [0.25, 0.3) is 0 Å². The molecule has 0 aliphatic heterocycles. The summed E-state index contributed by atoms with van der Waals surface area (Å²) in [6.07, 6.45) is 1.44. The van der Waals surface area contributed by atoms with Crippen LogP contribution in [0.25, 0.3) is 0 Å². The summed E-state index contributed by atoms with van der Waals surface area (Å²) >= 11 is 0. The number of nitrogens with zero attached hydrogens (tertiary/aromatic N) is 1. The summed E-state index contributed by atoms with van der Waals surface area (Å²) < 4.78 is 30.8. The Balaban J connectivity index is 2.16. The molecule has 1 heterocycles. The largest absolute Gasteiger partial charge is 0.439 e. The number of aromatic nitrogens is 1. The van der Waals surface area contributed by atoms with E-state index in [1.54, 1.807) is 6.07 Å². The molecule has 0 amide bonds. The molecule has 2 aromatic rings. The van der Waals surface area contributed by atoms with E-state index in [-0.39, 0.29) is 18.2 Å². The van der Waals surface area contributed by atoms with Crippen molar-refractivity contribution in [1.82, 2.24) is 4.98 Å². The standard InChI is InChI=1S/C12H9F2NO2/c13-10-3-2-9(5-11(10)14)17-12-4-1-8(7-16)6-15-12/h1-6,16H,7H2. The Bertz CT molecular complexity index is 514. The van der Waals surface area contributed by atoms with Gasteiger partial charge in [-0.3, -0.25) is 0 Å². The third kappa shape index (κ3) is 2.76. The third-order valence-electron chi connectivity index (χ3n) is 2.09. The van der Waals surface area contributed by atoms with Crippen LogP contribution in [0.4, 0.5) is 8.78 Å². The van der Waals surface area contributed by atoms with Gasteiger partial charge in [-0.15, -0.1) is 0 Å². The Labute approximate surface area is 96.3 Å². The molecule has 1 aromatic heterocycles. The van der Waals surface area contributed by atoms with Gasteiger partial charge in [0, 0.05) is 18.3 Å². The molecular weight excluding hydrogens is 228 g/mol. The Morgan fingerprint density at radius 3 is 2.53 bits per heavy atom. The van der Waals surface area contributed by atoms with Crippen LogP contribution >= 0.6 is 0 Å². The van der Waals surface area contributed by atoms with E-state index >= 15 is 0 Å². The zero-order chi connectivity index (χ0) is 12.3. The van der Waals surface area contributed by atoms with Gasteiger partial charge >= 0.3 is 0 Å². The molecule has 0 bridgehead atoms. The summed E-state index contributed by atoms with van der Waals surface area (Å²) in [6, 6.07) is 6.39. The van der Waals surface area contributed by atoms with Crippen LogP contribution in [0.5, 0.6) is 11.6 Å². The van der Waals surface area contributed by atoms with Crippen LogP contribution in [0, 0.1) is 11.6 Å². The lowest BCUT2D eigenvalue weighted by Gasteiger charge is -2.05. The van der Waals surface area contributed by atoms with Crippen molar-refractivity contribution in [2.45, 2.75) is 6.61 Å². The maximum atomic E-state index is 12.9. The van der Waals surface area contributed by atoms with Crippen molar-refractivity contribution in [3.8, 4) is 11.6 Å². The van der Waals surface area contributed by atoms with Gasteiger partial charge in [-0.2, -0.15) is 0 Å². The van der Waals surface area contributed by atoms with Crippen LogP contribution in [-0.2, 0) is 6.61 Å².